The van der Waals surface area contributed by atoms with Crippen LogP contribution in [0.25, 0.3) is 0 Å². The van der Waals surface area contributed by atoms with Gasteiger partial charge in [-0.2, -0.15) is 5.10 Å². The van der Waals surface area contributed by atoms with E-state index in [1.165, 1.54) is 11.8 Å². The number of hydrogen-bond donors (Lipinski definition) is 0. The maximum atomic E-state index is 12.6. The molecule has 0 radical (unpaired) electrons. The third-order valence-electron chi connectivity index (χ3n) is 3.76. The molecule has 1 saturated heterocycles. The maximum Gasteiger partial charge on any atom is 0.242 e. The zero-order valence-corrected chi connectivity index (χ0v) is 15.7. The van der Waals surface area contributed by atoms with Gasteiger partial charge in [-0.25, -0.2) is 0 Å². The number of hydrogen-bond acceptors (Lipinski definition) is 6. The van der Waals surface area contributed by atoms with Gasteiger partial charge in [-0.1, -0.05) is 36.9 Å². The molecule has 0 N–H and O–H groups in total. The normalized spacial score (nSPS) is 19.3. The smallest absolute Gasteiger partial charge is 0.242 e. The Morgan fingerprint density at radius 2 is 2.08 bits per heavy atom. The molecular formula is C18H19N3O2S2. The Morgan fingerprint density at radius 1 is 1.28 bits per heavy atom. The van der Waals surface area contributed by atoms with E-state index in [1.54, 1.807) is 29.6 Å². The minimum Gasteiger partial charge on any atom is -0.497 e. The summed E-state index contributed by atoms with van der Waals surface area (Å²) in [7, 11) is 1.64. The minimum atomic E-state index is -0.0889. The standard InChI is InChI=1S/C18H19N3O2S2/c1-3-16-17(22)21(12-13-6-8-14(23-2)9-7-13)18(25-16)20-19-11-15-5-4-10-24-15/h4-11,16H,3,12H2,1-2H3/b19-11+,20-18+. The van der Waals surface area contributed by atoms with Gasteiger partial charge in [0.1, 0.15) is 5.75 Å². The number of methoxy groups -OCH3 is 1. The molecule has 3 rings (SSSR count). The highest BCUT2D eigenvalue weighted by Gasteiger charge is 2.36. The van der Waals surface area contributed by atoms with Crippen molar-refractivity contribution < 1.29 is 9.53 Å². The van der Waals surface area contributed by atoms with Crippen LogP contribution >= 0.6 is 23.1 Å². The van der Waals surface area contributed by atoms with Crippen molar-refractivity contribution in [3.63, 3.8) is 0 Å². The van der Waals surface area contributed by atoms with Gasteiger partial charge >= 0.3 is 0 Å². The van der Waals surface area contributed by atoms with Gasteiger partial charge in [0, 0.05) is 4.88 Å². The first kappa shape index (κ1) is 17.7. The van der Waals surface area contributed by atoms with Crippen molar-refractivity contribution in [3.05, 3.63) is 52.2 Å². The quantitative estimate of drug-likeness (QED) is 0.568. The molecule has 1 unspecified atom stereocenters. The Bertz CT molecular complexity index is 770. The van der Waals surface area contributed by atoms with Gasteiger partial charge in [0.25, 0.3) is 0 Å². The number of thioether (sulfide) groups is 1. The molecule has 25 heavy (non-hydrogen) atoms. The molecule has 5 nitrogen and oxygen atoms in total. The number of carbonyl (C=O) groups is 1. The van der Waals surface area contributed by atoms with E-state index in [2.05, 4.69) is 10.2 Å². The van der Waals surface area contributed by atoms with Crippen molar-refractivity contribution in [2.75, 3.05) is 7.11 Å². The molecule has 0 aliphatic carbocycles. The predicted molar refractivity (Wildman–Crippen MR) is 105 cm³/mol. The number of amides is 1. The van der Waals surface area contributed by atoms with Crippen LogP contribution in [-0.2, 0) is 11.3 Å². The van der Waals surface area contributed by atoms with Crippen LogP contribution in [0.15, 0.2) is 52.0 Å². The van der Waals surface area contributed by atoms with E-state index in [1.807, 2.05) is 48.7 Å². The van der Waals surface area contributed by atoms with Crippen molar-refractivity contribution in [1.82, 2.24) is 4.90 Å². The van der Waals surface area contributed by atoms with Crippen LogP contribution in [0, 0.1) is 0 Å². The van der Waals surface area contributed by atoms with Gasteiger partial charge in [0.2, 0.25) is 5.91 Å². The molecule has 1 aliphatic heterocycles. The first-order valence-electron chi connectivity index (χ1n) is 7.96. The first-order valence-corrected chi connectivity index (χ1v) is 9.72. The summed E-state index contributed by atoms with van der Waals surface area (Å²) in [6, 6.07) is 11.7. The molecular weight excluding hydrogens is 354 g/mol. The van der Waals surface area contributed by atoms with E-state index < -0.39 is 0 Å². The van der Waals surface area contributed by atoms with Crippen molar-refractivity contribution in [3.8, 4) is 5.75 Å². The molecule has 0 bridgehead atoms. The summed E-state index contributed by atoms with van der Waals surface area (Å²) in [5.41, 5.74) is 1.03. The van der Waals surface area contributed by atoms with E-state index in [-0.39, 0.29) is 11.2 Å². The molecule has 0 saturated carbocycles. The molecule has 1 atom stereocenters. The zero-order valence-electron chi connectivity index (χ0n) is 14.1. The number of rotatable bonds is 6. The highest BCUT2D eigenvalue weighted by atomic mass is 32.2. The van der Waals surface area contributed by atoms with E-state index in [0.717, 1.165) is 22.6 Å². The fraction of sp³-hybridized carbons (Fsp3) is 0.278. The Hall–Kier alpha value is -2.12. The molecule has 1 aliphatic rings. The van der Waals surface area contributed by atoms with Gasteiger partial charge in [0.15, 0.2) is 5.17 Å². The number of carbonyl (C=O) groups excluding carboxylic acids is 1. The molecule has 2 aromatic rings. The van der Waals surface area contributed by atoms with Crippen LogP contribution in [0.4, 0.5) is 0 Å². The highest BCUT2D eigenvalue weighted by Crippen LogP contribution is 2.31. The third kappa shape index (κ3) is 4.29. The lowest BCUT2D eigenvalue weighted by Crippen LogP contribution is -2.31. The second kappa shape index (κ2) is 8.31. The maximum absolute atomic E-state index is 12.6. The van der Waals surface area contributed by atoms with E-state index in [4.69, 9.17) is 4.74 Å². The molecule has 1 aromatic heterocycles. The lowest BCUT2D eigenvalue weighted by molar-refractivity contribution is -0.126. The second-order valence-corrected chi connectivity index (χ2v) is 7.58. The van der Waals surface area contributed by atoms with Crippen LogP contribution < -0.4 is 4.74 Å². The Kier molecular flexibility index (Phi) is 5.88. The average molecular weight is 374 g/mol. The summed E-state index contributed by atoms with van der Waals surface area (Å²) in [6.45, 7) is 2.50. The van der Waals surface area contributed by atoms with Gasteiger partial charge in [-0.15, -0.1) is 16.4 Å². The van der Waals surface area contributed by atoms with Crippen LogP contribution in [0.3, 0.4) is 0 Å². The summed E-state index contributed by atoms with van der Waals surface area (Å²) >= 11 is 3.08. The molecule has 1 amide bonds. The van der Waals surface area contributed by atoms with Gasteiger partial charge in [-0.3, -0.25) is 9.69 Å². The number of nitrogens with zero attached hydrogens (tertiary/aromatic N) is 3. The second-order valence-electron chi connectivity index (χ2n) is 5.43. The first-order chi connectivity index (χ1) is 12.2. The fourth-order valence-corrected chi connectivity index (χ4v) is 4.01. The minimum absolute atomic E-state index is 0.0889. The van der Waals surface area contributed by atoms with Crippen LogP contribution in [0.1, 0.15) is 23.8 Å². The van der Waals surface area contributed by atoms with Crippen molar-refractivity contribution >= 4 is 40.4 Å². The van der Waals surface area contributed by atoms with Crippen LogP contribution in [0.2, 0.25) is 0 Å². The van der Waals surface area contributed by atoms with Crippen molar-refractivity contribution in [1.29, 1.82) is 0 Å². The lowest BCUT2D eigenvalue weighted by Gasteiger charge is -2.16. The monoisotopic (exact) mass is 373 g/mol. The van der Waals surface area contributed by atoms with E-state index in [9.17, 15) is 4.79 Å². The molecule has 1 fully saturated rings. The highest BCUT2D eigenvalue weighted by molar-refractivity contribution is 8.15. The molecule has 1 aromatic carbocycles. The molecule has 0 spiro atoms. The Labute approximate surface area is 155 Å². The van der Waals surface area contributed by atoms with Gasteiger partial charge in [0.05, 0.1) is 25.1 Å². The SMILES string of the molecule is CCC1S/C(=N/N=C/c2cccs2)N(Cc2ccc(OC)cc2)C1=O. The zero-order chi connectivity index (χ0) is 17.6. The summed E-state index contributed by atoms with van der Waals surface area (Å²) in [5.74, 6) is 0.889. The molecule has 2 heterocycles. The van der Waals surface area contributed by atoms with E-state index in [0.29, 0.717) is 11.7 Å². The number of ether oxygens (including phenoxy) is 1. The Morgan fingerprint density at radius 3 is 2.72 bits per heavy atom. The van der Waals surface area contributed by atoms with Crippen LogP contribution in [0.5, 0.6) is 5.75 Å². The summed E-state index contributed by atoms with van der Waals surface area (Å²) in [6.07, 6.45) is 2.49. The largest absolute Gasteiger partial charge is 0.497 e. The van der Waals surface area contributed by atoms with Crippen LogP contribution in [-0.4, -0.2) is 34.5 Å². The third-order valence-corrected chi connectivity index (χ3v) is 5.90. The topological polar surface area (TPSA) is 54.3 Å². The predicted octanol–water partition coefficient (Wildman–Crippen LogP) is 4.00. The molecule has 130 valence electrons. The number of benzene rings is 1. The average Bonchev–Trinajstić information content (AvgIpc) is 3.25. The van der Waals surface area contributed by atoms with Crippen molar-refractivity contribution in [2.45, 2.75) is 25.1 Å². The number of amidine groups is 1. The Balaban J connectivity index is 1.78. The van der Waals surface area contributed by atoms with E-state index >= 15 is 0 Å². The fourth-order valence-electron chi connectivity index (χ4n) is 2.40. The van der Waals surface area contributed by atoms with Crippen molar-refractivity contribution in [2.24, 2.45) is 10.2 Å². The summed E-state index contributed by atoms with van der Waals surface area (Å²) in [5, 5.41) is 11.0. The summed E-state index contributed by atoms with van der Waals surface area (Å²) < 4.78 is 5.18. The lowest BCUT2D eigenvalue weighted by atomic mass is 10.2. The summed E-state index contributed by atoms with van der Waals surface area (Å²) in [4.78, 5) is 15.4. The number of thiophene rings is 1. The van der Waals surface area contributed by atoms with Gasteiger partial charge < -0.3 is 4.74 Å². The molecule has 7 heteroatoms. The van der Waals surface area contributed by atoms with Gasteiger partial charge in [-0.05, 0) is 35.6 Å².